The van der Waals surface area contributed by atoms with E-state index < -0.39 is 17.4 Å². The molecule has 0 bridgehead atoms. The molecule has 4 nitrogen and oxygen atoms in total. The molecule has 0 aliphatic rings. The smallest absolute Gasteiger partial charge is 0.310 e. The second-order valence-electron chi connectivity index (χ2n) is 10.6. The van der Waals surface area contributed by atoms with Crippen molar-refractivity contribution >= 4 is 37.2 Å². The van der Waals surface area contributed by atoms with Gasteiger partial charge in [0.1, 0.15) is 0 Å². The molecule has 0 unspecified atom stereocenters. The van der Waals surface area contributed by atoms with Crippen LogP contribution in [0.25, 0.3) is 0 Å². The number of carboxylic acid groups (broad SMARTS) is 2. The summed E-state index contributed by atoms with van der Waals surface area (Å²) in [5.41, 5.74) is -0.691. The molecule has 36 heavy (non-hydrogen) atoms. The Morgan fingerprint density at radius 2 is 0.917 bits per heavy atom. The summed E-state index contributed by atoms with van der Waals surface area (Å²) >= 11 is 1.52. The average molecular weight is 549 g/mol. The van der Waals surface area contributed by atoms with Crippen LogP contribution in [0.2, 0.25) is 0 Å². The fourth-order valence-electron chi connectivity index (χ4n) is 4.87. The molecule has 2 N–H and O–H groups in total. The second kappa shape index (κ2) is 27.7. The second-order valence-corrected chi connectivity index (χ2v) is 11.8. The largest absolute Gasteiger partial charge is 0.481 e. The van der Waals surface area contributed by atoms with Gasteiger partial charge in [-0.05, 0) is 12.8 Å². The van der Waals surface area contributed by atoms with Crippen LogP contribution < -0.4 is 0 Å². The van der Waals surface area contributed by atoms with Crippen LogP contribution in [0, 0.1) is 5.41 Å². The van der Waals surface area contributed by atoms with Crippen LogP contribution in [-0.2, 0) is 9.59 Å². The maximum Gasteiger partial charge on any atom is 0.310 e. The molecule has 0 heterocycles. The number of aliphatic carboxylic acids is 2. The first-order valence-corrected chi connectivity index (χ1v) is 16.2. The zero-order chi connectivity index (χ0) is 26.0. The standard InChI is InChI=1S/C30H58O4S.H2S/c1-3-5-7-9-11-13-15-17-19-21-24-30(29(33)34,27-35-26-23-28(31)32)25-22-20-18-16-14-12-10-8-6-4-2;/h3-27H2,1-2H3,(H,31,32)(H,33,34);1H2. The summed E-state index contributed by atoms with van der Waals surface area (Å²) in [6.07, 6.45) is 26.6. The molecule has 0 amide bonds. The Labute approximate surface area is 235 Å². The highest BCUT2D eigenvalue weighted by atomic mass is 32.2. The molecule has 0 aromatic carbocycles. The van der Waals surface area contributed by atoms with Crippen molar-refractivity contribution in [2.75, 3.05) is 11.5 Å². The Kier molecular flexibility index (Phi) is 29.0. The normalized spacial score (nSPS) is 11.4. The van der Waals surface area contributed by atoms with Gasteiger partial charge in [0, 0.05) is 11.5 Å². The number of carboxylic acids is 2. The predicted molar refractivity (Wildman–Crippen MR) is 163 cm³/mol. The number of thioether (sulfide) groups is 1. The summed E-state index contributed by atoms with van der Waals surface area (Å²) in [5, 5.41) is 19.1. The lowest BCUT2D eigenvalue weighted by Crippen LogP contribution is -2.34. The van der Waals surface area contributed by atoms with Gasteiger partial charge in [0.25, 0.3) is 0 Å². The molecule has 0 aliphatic carbocycles. The summed E-state index contributed by atoms with van der Waals surface area (Å²) in [6.45, 7) is 4.50. The summed E-state index contributed by atoms with van der Waals surface area (Å²) in [7, 11) is 0. The minimum Gasteiger partial charge on any atom is -0.481 e. The van der Waals surface area contributed by atoms with Gasteiger partial charge < -0.3 is 10.2 Å². The lowest BCUT2D eigenvalue weighted by Gasteiger charge is -2.29. The topological polar surface area (TPSA) is 74.6 Å². The van der Waals surface area contributed by atoms with Crippen LogP contribution in [0.5, 0.6) is 0 Å². The summed E-state index contributed by atoms with van der Waals surface area (Å²) in [5.74, 6) is -0.430. The molecule has 6 heteroatoms. The van der Waals surface area contributed by atoms with Crippen molar-refractivity contribution in [3.8, 4) is 0 Å². The van der Waals surface area contributed by atoms with Gasteiger partial charge in [-0.2, -0.15) is 25.3 Å². The van der Waals surface area contributed by atoms with Crippen molar-refractivity contribution in [3.05, 3.63) is 0 Å². The molecular weight excluding hydrogens is 488 g/mol. The van der Waals surface area contributed by atoms with E-state index in [-0.39, 0.29) is 19.9 Å². The first-order chi connectivity index (χ1) is 17.0. The minimum absolute atomic E-state index is 0. The number of rotatable bonds is 28. The quantitative estimate of drug-likeness (QED) is 0.0951. The predicted octanol–water partition coefficient (Wildman–Crippen LogP) is 10.0. The van der Waals surface area contributed by atoms with E-state index >= 15 is 0 Å². The molecule has 0 fully saturated rings. The van der Waals surface area contributed by atoms with E-state index in [0.29, 0.717) is 11.5 Å². The Hall–Kier alpha value is -0.360. The fraction of sp³-hybridized carbons (Fsp3) is 0.933. The Morgan fingerprint density at radius 3 is 1.22 bits per heavy atom. The number of hydrogen-bond donors (Lipinski definition) is 2. The van der Waals surface area contributed by atoms with Gasteiger partial charge in [-0.3, -0.25) is 9.59 Å². The van der Waals surface area contributed by atoms with Crippen molar-refractivity contribution in [2.45, 2.75) is 162 Å². The Morgan fingerprint density at radius 1 is 0.583 bits per heavy atom. The summed E-state index contributed by atoms with van der Waals surface area (Å²) in [6, 6.07) is 0. The highest BCUT2D eigenvalue weighted by molar-refractivity contribution is 7.99. The van der Waals surface area contributed by atoms with Gasteiger partial charge >= 0.3 is 11.9 Å². The van der Waals surface area contributed by atoms with Crippen molar-refractivity contribution in [1.29, 1.82) is 0 Å². The van der Waals surface area contributed by atoms with E-state index in [9.17, 15) is 14.7 Å². The number of unbranched alkanes of at least 4 members (excludes halogenated alkanes) is 18. The lowest BCUT2D eigenvalue weighted by molar-refractivity contribution is -0.148. The van der Waals surface area contributed by atoms with Crippen LogP contribution >= 0.6 is 25.3 Å². The molecule has 0 aromatic heterocycles. The third-order valence-electron chi connectivity index (χ3n) is 7.31. The van der Waals surface area contributed by atoms with Gasteiger partial charge in [-0.25, -0.2) is 0 Å². The van der Waals surface area contributed by atoms with Crippen molar-refractivity contribution in [1.82, 2.24) is 0 Å². The molecule has 0 radical (unpaired) electrons. The zero-order valence-corrected chi connectivity index (χ0v) is 25.6. The molecule has 0 aromatic rings. The van der Waals surface area contributed by atoms with Gasteiger partial charge in [0.05, 0.1) is 11.8 Å². The van der Waals surface area contributed by atoms with E-state index in [0.717, 1.165) is 38.5 Å². The van der Waals surface area contributed by atoms with E-state index in [2.05, 4.69) is 13.8 Å². The van der Waals surface area contributed by atoms with E-state index in [1.54, 1.807) is 0 Å². The lowest BCUT2D eigenvalue weighted by atomic mass is 9.79. The molecule has 0 spiro atoms. The van der Waals surface area contributed by atoms with Gasteiger partial charge in [-0.15, -0.1) is 0 Å². The molecule has 0 rings (SSSR count). The highest BCUT2D eigenvalue weighted by Gasteiger charge is 2.37. The summed E-state index contributed by atoms with van der Waals surface area (Å²) < 4.78 is 0. The zero-order valence-electron chi connectivity index (χ0n) is 23.8. The minimum atomic E-state index is -0.803. The number of carbonyl (C=O) groups is 2. The molecule has 0 saturated carbocycles. The molecule has 0 saturated heterocycles. The third-order valence-corrected chi connectivity index (χ3v) is 8.56. The molecule has 216 valence electrons. The molecular formula is C30H60O4S2. The highest BCUT2D eigenvalue weighted by Crippen LogP contribution is 2.36. The van der Waals surface area contributed by atoms with Crippen molar-refractivity contribution in [2.24, 2.45) is 5.41 Å². The van der Waals surface area contributed by atoms with E-state index in [1.165, 1.54) is 114 Å². The van der Waals surface area contributed by atoms with E-state index in [4.69, 9.17) is 5.11 Å². The van der Waals surface area contributed by atoms with E-state index in [1.807, 2.05) is 0 Å². The van der Waals surface area contributed by atoms with Crippen molar-refractivity contribution in [3.63, 3.8) is 0 Å². The first-order valence-electron chi connectivity index (χ1n) is 15.0. The maximum absolute atomic E-state index is 12.4. The number of hydrogen-bond acceptors (Lipinski definition) is 3. The van der Waals surface area contributed by atoms with Crippen LogP contribution in [0.15, 0.2) is 0 Å². The Bertz CT molecular complexity index is 475. The monoisotopic (exact) mass is 548 g/mol. The third kappa shape index (κ3) is 22.8. The van der Waals surface area contributed by atoms with Crippen LogP contribution in [0.1, 0.15) is 162 Å². The summed E-state index contributed by atoms with van der Waals surface area (Å²) in [4.78, 5) is 23.3. The first kappa shape index (κ1) is 37.8. The van der Waals surface area contributed by atoms with Gasteiger partial charge in [0.2, 0.25) is 0 Å². The van der Waals surface area contributed by atoms with Crippen LogP contribution in [0.3, 0.4) is 0 Å². The van der Waals surface area contributed by atoms with Gasteiger partial charge in [0.15, 0.2) is 0 Å². The van der Waals surface area contributed by atoms with Crippen LogP contribution in [-0.4, -0.2) is 33.7 Å². The molecule has 0 aliphatic heterocycles. The van der Waals surface area contributed by atoms with Gasteiger partial charge in [-0.1, -0.05) is 142 Å². The SMILES string of the molecule is CCCCCCCCCCCCC(CCCCCCCCCCCC)(CSCCC(=O)O)C(=O)O.S. The average Bonchev–Trinajstić information content (AvgIpc) is 2.83. The fourth-order valence-corrected chi connectivity index (χ4v) is 6.14. The van der Waals surface area contributed by atoms with Crippen molar-refractivity contribution < 1.29 is 19.8 Å². The maximum atomic E-state index is 12.4. The molecule has 0 atom stereocenters. The Balaban J connectivity index is 0. The van der Waals surface area contributed by atoms with Crippen LogP contribution in [0.4, 0.5) is 0 Å².